The molecule has 0 aromatic rings. The van der Waals surface area contributed by atoms with Crippen molar-refractivity contribution in [3.63, 3.8) is 0 Å². The Bertz CT molecular complexity index is 242. The second-order valence-corrected chi connectivity index (χ2v) is 31.0. The third-order valence-electron chi connectivity index (χ3n) is 4.53. The Hall–Kier alpha value is 1.27. The Morgan fingerprint density at radius 2 is 1.09 bits per heavy atom. The molecule has 0 spiro atoms. The van der Waals surface area contributed by atoms with Gasteiger partial charge in [-0.15, -0.1) is 0 Å². The first-order chi connectivity index (χ1) is 10.7. The van der Waals surface area contributed by atoms with Crippen LogP contribution in [0.1, 0.15) is 104 Å². The number of hydrogen-bond acceptors (Lipinski definition) is 0. The fraction of sp³-hybridized carbons (Fsp3) is 0.900. The van der Waals surface area contributed by atoms with E-state index in [0.717, 1.165) is 0 Å². The number of halogens is 1. The minimum absolute atomic E-state index is 1.34. The van der Waals surface area contributed by atoms with Gasteiger partial charge in [0, 0.05) is 0 Å². The van der Waals surface area contributed by atoms with Crippen LogP contribution in [0.4, 0.5) is 0 Å². The van der Waals surface area contributed by atoms with Gasteiger partial charge in [0.1, 0.15) is 0 Å². The SMILES string of the molecule is CCCCCCCCCC/C=[CH]/[Sn]([I])([CH2]CCC)[CH2]CCC. The third-order valence-corrected chi connectivity index (χ3v) is 23.3. The van der Waals surface area contributed by atoms with E-state index in [2.05, 4.69) is 49.6 Å². The first kappa shape index (κ1) is 23.3. The molecule has 0 nitrogen and oxygen atoms in total. The van der Waals surface area contributed by atoms with E-state index in [9.17, 15) is 0 Å². The fourth-order valence-electron chi connectivity index (χ4n) is 2.92. The molecule has 0 aliphatic heterocycles. The summed E-state index contributed by atoms with van der Waals surface area (Å²) in [5.74, 6) is 0. The molecule has 0 fully saturated rings. The summed E-state index contributed by atoms with van der Waals surface area (Å²) in [5.41, 5.74) is 0. The van der Waals surface area contributed by atoms with Crippen molar-refractivity contribution >= 4 is 33.0 Å². The molecule has 2 heteroatoms. The van der Waals surface area contributed by atoms with Gasteiger partial charge >= 0.3 is 156 Å². The maximum atomic E-state index is 2.93. The van der Waals surface area contributed by atoms with Crippen molar-refractivity contribution in [2.75, 3.05) is 0 Å². The molecule has 0 unspecified atom stereocenters. The van der Waals surface area contributed by atoms with Gasteiger partial charge in [0.15, 0.2) is 0 Å². The van der Waals surface area contributed by atoms with Crippen LogP contribution in [0.5, 0.6) is 0 Å². The first-order valence-corrected chi connectivity index (χ1v) is 24.0. The van der Waals surface area contributed by atoms with Gasteiger partial charge in [0.05, 0.1) is 0 Å². The number of allylic oxidation sites excluding steroid dienone is 1. The van der Waals surface area contributed by atoms with Crippen molar-refractivity contribution in [3.05, 3.63) is 10.2 Å². The van der Waals surface area contributed by atoms with E-state index in [0.29, 0.717) is 0 Å². The average molecular weight is 527 g/mol. The Kier molecular flexibility index (Phi) is 18.1. The molecule has 0 aromatic heterocycles. The van der Waals surface area contributed by atoms with Crippen LogP contribution in [0, 0.1) is 0 Å². The van der Waals surface area contributed by atoms with Gasteiger partial charge in [-0.1, -0.05) is 0 Å². The number of hydrogen-bond donors (Lipinski definition) is 0. The first-order valence-electron chi connectivity index (χ1n) is 10.0. The van der Waals surface area contributed by atoms with Crippen molar-refractivity contribution in [3.8, 4) is 0 Å². The van der Waals surface area contributed by atoms with Crippen LogP contribution in [-0.4, -0.2) is 14.4 Å². The average Bonchev–Trinajstić information content (AvgIpc) is 2.53. The molecular formula is C20H41ISn. The van der Waals surface area contributed by atoms with Gasteiger partial charge in [-0.3, -0.25) is 0 Å². The second-order valence-electron chi connectivity index (χ2n) is 6.91. The molecule has 0 N–H and O–H groups in total. The molecule has 0 aromatic carbocycles. The van der Waals surface area contributed by atoms with Crippen LogP contribution in [0.25, 0.3) is 0 Å². The van der Waals surface area contributed by atoms with Gasteiger partial charge in [-0.25, -0.2) is 0 Å². The molecule has 0 rings (SSSR count). The summed E-state index contributed by atoms with van der Waals surface area (Å²) in [6, 6.07) is 0. The predicted molar refractivity (Wildman–Crippen MR) is 116 cm³/mol. The van der Waals surface area contributed by atoms with Crippen molar-refractivity contribution in [1.82, 2.24) is 0 Å². The summed E-state index contributed by atoms with van der Waals surface area (Å²) >= 11 is 1.06. The van der Waals surface area contributed by atoms with Crippen molar-refractivity contribution in [2.24, 2.45) is 0 Å². The quantitative estimate of drug-likeness (QED) is 0.107. The number of unbranched alkanes of at least 4 members (excludes halogenated alkanes) is 10. The summed E-state index contributed by atoms with van der Waals surface area (Å²) < 4.78 is 5.89. The molecule has 0 saturated carbocycles. The van der Waals surface area contributed by atoms with Crippen molar-refractivity contribution < 1.29 is 0 Å². The third kappa shape index (κ3) is 14.8. The Labute approximate surface area is 155 Å². The van der Waals surface area contributed by atoms with E-state index >= 15 is 0 Å². The Balaban J connectivity index is 3.75. The van der Waals surface area contributed by atoms with Crippen LogP contribution in [0.3, 0.4) is 0 Å². The summed E-state index contributed by atoms with van der Waals surface area (Å²) in [6.07, 6.45) is 21.1. The predicted octanol–water partition coefficient (Wildman–Crippen LogP) is 8.59. The zero-order valence-electron chi connectivity index (χ0n) is 15.6. The molecule has 22 heavy (non-hydrogen) atoms. The summed E-state index contributed by atoms with van der Waals surface area (Å²) in [4.78, 5) is 0. The minimum atomic E-state index is -1.87. The van der Waals surface area contributed by atoms with Gasteiger partial charge in [0.25, 0.3) is 0 Å². The normalized spacial score (nSPS) is 12.4. The van der Waals surface area contributed by atoms with Crippen LogP contribution in [0.15, 0.2) is 10.2 Å². The van der Waals surface area contributed by atoms with E-state index in [1.165, 1.54) is 83.5 Å². The summed E-state index contributed by atoms with van der Waals surface area (Å²) in [6.45, 7) is 6.98. The van der Waals surface area contributed by atoms with Gasteiger partial charge in [0.2, 0.25) is 0 Å². The van der Waals surface area contributed by atoms with E-state index in [1.807, 2.05) is 0 Å². The molecule has 0 saturated heterocycles. The molecular weight excluding hydrogens is 486 g/mol. The molecule has 0 aliphatic rings. The Morgan fingerprint density at radius 1 is 0.636 bits per heavy atom. The standard InChI is InChI=1S/C12H23.2C4H9.HI.Sn/c1-3-5-7-9-11-12-10-8-6-4-2;2*1-3-4-2;;/h1,3H,4-12H2,2H3;2*1,3-4H2,2H3;1H;/q;;;;+1/p-1. The van der Waals surface area contributed by atoms with E-state index in [-0.39, 0.29) is 0 Å². The Morgan fingerprint density at radius 3 is 1.59 bits per heavy atom. The zero-order chi connectivity index (χ0) is 16.5. The topological polar surface area (TPSA) is 0 Å². The molecule has 0 aliphatic carbocycles. The fourth-order valence-corrected chi connectivity index (χ4v) is 18.5. The molecule has 0 bridgehead atoms. The summed E-state index contributed by atoms with van der Waals surface area (Å²) in [5, 5.41) is 0. The van der Waals surface area contributed by atoms with Gasteiger partial charge in [-0.05, 0) is 0 Å². The second kappa shape index (κ2) is 17.1. The van der Waals surface area contributed by atoms with Crippen LogP contribution >= 0.6 is 18.6 Å². The van der Waals surface area contributed by atoms with Crippen molar-refractivity contribution in [2.45, 2.75) is 113 Å². The van der Waals surface area contributed by atoms with Crippen molar-refractivity contribution in [1.29, 1.82) is 0 Å². The van der Waals surface area contributed by atoms with Crippen LogP contribution in [-0.2, 0) is 0 Å². The van der Waals surface area contributed by atoms with Gasteiger partial charge < -0.3 is 0 Å². The van der Waals surface area contributed by atoms with Crippen LogP contribution < -0.4 is 0 Å². The van der Waals surface area contributed by atoms with Gasteiger partial charge in [-0.2, -0.15) is 0 Å². The van der Waals surface area contributed by atoms with E-state index in [4.69, 9.17) is 0 Å². The molecule has 0 radical (unpaired) electrons. The van der Waals surface area contributed by atoms with Crippen LogP contribution in [0.2, 0.25) is 8.87 Å². The maximum absolute atomic E-state index is 2.93. The number of rotatable bonds is 16. The van der Waals surface area contributed by atoms with E-state index < -0.39 is 14.4 Å². The molecule has 0 amide bonds. The molecule has 0 atom stereocenters. The monoisotopic (exact) mass is 528 g/mol. The zero-order valence-corrected chi connectivity index (χ0v) is 20.7. The van der Waals surface area contributed by atoms with E-state index in [1.54, 1.807) is 8.87 Å². The molecule has 132 valence electrons. The summed E-state index contributed by atoms with van der Waals surface area (Å²) in [7, 11) is 0. The molecule has 0 heterocycles.